The molecule has 1 aromatic heterocycles. The number of hydrogen-bond acceptors (Lipinski definition) is 4. The summed E-state index contributed by atoms with van der Waals surface area (Å²) in [5.74, 6) is 0.884. The first-order chi connectivity index (χ1) is 11.2. The van der Waals surface area contributed by atoms with Crippen molar-refractivity contribution < 1.29 is 5.11 Å². The Balaban J connectivity index is 1.54. The highest BCUT2D eigenvalue weighted by Gasteiger charge is 2.28. The summed E-state index contributed by atoms with van der Waals surface area (Å²) in [7, 11) is 1.97. The Morgan fingerprint density at radius 3 is 2.74 bits per heavy atom. The molecule has 1 aromatic rings. The first-order valence-electron chi connectivity index (χ1n) is 9.29. The van der Waals surface area contributed by atoms with E-state index in [1.807, 2.05) is 17.9 Å². The van der Waals surface area contributed by atoms with E-state index >= 15 is 0 Å². The summed E-state index contributed by atoms with van der Waals surface area (Å²) in [6.45, 7) is 5.86. The van der Waals surface area contributed by atoms with Crippen molar-refractivity contribution >= 4 is 0 Å². The van der Waals surface area contributed by atoms with Crippen LogP contribution in [0.3, 0.4) is 0 Å². The zero-order valence-corrected chi connectivity index (χ0v) is 14.5. The summed E-state index contributed by atoms with van der Waals surface area (Å²) in [6, 6.07) is 0.507. The second-order valence-electron chi connectivity index (χ2n) is 7.42. The van der Waals surface area contributed by atoms with Crippen LogP contribution in [0.1, 0.15) is 44.1 Å². The molecule has 1 atom stereocenters. The molecule has 2 aliphatic rings. The van der Waals surface area contributed by atoms with Crippen LogP contribution in [0, 0.1) is 5.92 Å². The van der Waals surface area contributed by atoms with Gasteiger partial charge in [0.2, 0.25) is 0 Å². The molecule has 1 aliphatic heterocycles. The fraction of sp³-hybridized carbons (Fsp3) is 0.833. The molecule has 2 heterocycles. The quantitative estimate of drug-likeness (QED) is 0.869. The lowest BCUT2D eigenvalue weighted by atomic mass is 9.88. The number of piperazine rings is 1. The number of aliphatic hydroxyl groups is 1. The topological polar surface area (TPSA) is 44.5 Å². The average Bonchev–Trinajstić information content (AvgIpc) is 2.96. The van der Waals surface area contributed by atoms with Crippen molar-refractivity contribution in [1.29, 1.82) is 0 Å². The number of aliphatic hydroxyl groups excluding tert-OH is 1. The maximum Gasteiger partial charge on any atom is 0.0534 e. The molecular formula is C18H32N4O. The molecule has 0 radical (unpaired) electrons. The van der Waals surface area contributed by atoms with Gasteiger partial charge in [-0.1, -0.05) is 19.3 Å². The largest absolute Gasteiger partial charge is 0.396 e. The molecule has 2 fully saturated rings. The fourth-order valence-electron chi connectivity index (χ4n) is 4.28. The van der Waals surface area contributed by atoms with Crippen LogP contribution in [-0.2, 0) is 13.6 Å². The van der Waals surface area contributed by atoms with E-state index in [4.69, 9.17) is 0 Å². The molecule has 5 heteroatoms. The van der Waals surface area contributed by atoms with Gasteiger partial charge in [-0.2, -0.15) is 5.10 Å². The minimum absolute atomic E-state index is 0.298. The third-order valence-corrected chi connectivity index (χ3v) is 5.53. The van der Waals surface area contributed by atoms with Gasteiger partial charge in [-0.15, -0.1) is 0 Å². The van der Waals surface area contributed by atoms with Crippen LogP contribution in [-0.4, -0.2) is 63.5 Å². The first-order valence-corrected chi connectivity index (χ1v) is 9.29. The van der Waals surface area contributed by atoms with Crippen LogP contribution in [0.25, 0.3) is 0 Å². The van der Waals surface area contributed by atoms with E-state index in [1.54, 1.807) is 0 Å². The van der Waals surface area contributed by atoms with E-state index in [0.29, 0.717) is 12.6 Å². The van der Waals surface area contributed by atoms with Crippen LogP contribution in [0.5, 0.6) is 0 Å². The summed E-state index contributed by atoms with van der Waals surface area (Å²) in [4.78, 5) is 5.18. The number of hydrogen-bond donors (Lipinski definition) is 1. The molecule has 1 saturated heterocycles. The number of aryl methyl sites for hydroxylation is 1. The van der Waals surface area contributed by atoms with E-state index in [2.05, 4.69) is 21.1 Å². The lowest BCUT2D eigenvalue weighted by Gasteiger charge is -2.43. The maximum atomic E-state index is 9.46. The summed E-state index contributed by atoms with van der Waals surface area (Å²) in [5.41, 5.74) is 1.29. The third-order valence-electron chi connectivity index (χ3n) is 5.53. The van der Waals surface area contributed by atoms with Crippen molar-refractivity contribution in [3.63, 3.8) is 0 Å². The highest BCUT2D eigenvalue weighted by Crippen LogP contribution is 2.26. The van der Waals surface area contributed by atoms with E-state index < -0.39 is 0 Å². The SMILES string of the molecule is Cn1cc(CN2CCN(CC3CCCCC3)[C@H](CCO)C2)cn1. The van der Waals surface area contributed by atoms with Gasteiger partial charge in [0, 0.05) is 64.2 Å². The Morgan fingerprint density at radius 2 is 2.04 bits per heavy atom. The van der Waals surface area contributed by atoms with Crippen molar-refractivity contribution in [2.45, 2.75) is 51.1 Å². The normalized spacial score (nSPS) is 25.0. The summed E-state index contributed by atoms with van der Waals surface area (Å²) < 4.78 is 1.87. The molecule has 0 bridgehead atoms. The monoisotopic (exact) mass is 320 g/mol. The minimum atomic E-state index is 0.298. The van der Waals surface area contributed by atoms with Gasteiger partial charge in [0.15, 0.2) is 0 Å². The average molecular weight is 320 g/mol. The summed E-state index contributed by atoms with van der Waals surface area (Å²) >= 11 is 0. The van der Waals surface area contributed by atoms with Gasteiger partial charge >= 0.3 is 0 Å². The fourth-order valence-corrected chi connectivity index (χ4v) is 4.28. The Morgan fingerprint density at radius 1 is 1.22 bits per heavy atom. The number of aromatic nitrogens is 2. The predicted molar refractivity (Wildman–Crippen MR) is 92.1 cm³/mol. The number of rotatable bonds is 6. The summed E-state index contributed by atoms with van der Waals surface area (Å²) in [6.07, 6.45) is 12.0. The van der Waals surface area contributed by atoms with E-state index in [-0.39, 0.29) is 0 Å². The molecule has 23 heavy (non-hydrogen) atoms. The van der Waals surface area contributed by atoms with E-state index in [9.17, 15) is 5.11 Å². The highest BCUT2D eigenvalue weighted by atomic mass is 16.3. The Labute approximate surface area is 140 Å². The van der Waals surface area contributed by atoms with Gasteiger partial charge in [0.25, 0.3) is 0 Å². The Kier molecular flexibility index (Phi) is 6.08. The smallest absolute Gasteiger partial charge is 0.0534 e. The van der Waals surface area contributed by atoms with Crippen molar-refractivity contribution in [2.75, 3.05) is 32.8 Å². The lowest BCUT2D eigenvalue weighted by Crippen LogP contribution is -2.54. The van der Waals surface area contributed by atoms with Crippen LogP contribution < -0.4 is 0 Å². The molecule has 130 valence electrons. The third kappa shape index (κ3) is 4.78. The molecule has 1 saturated carbocycles. The lowest BCUT2D eigenvalue weighted by molar-refractivity contribution is 0.0400. The molecule has 0 amide bonds. The molecule has 3 rings (SSSR count). The Bertz CT molecular complexity index is 469. The van der Waals surface area contributed by atoms with Crippen LogP contribution >= 0.6 is 0 Å². The number of nitrogens with zero attached hydrogens (tertiary/aromatic N) is 4. The van der Waals surface area contributed by atoms with Crippen LogP contribution in [0.4, 0.5) is 0 Å². The van der Waals surface area contributed by atoms with Gasteiger partial charge in [0.1, 0.15) is 0 Å². The highest BCUT2D eigenvalue weighted by molar-refractivity contribution is 5.04. The Hall–Kier alpha value is -0.910. The second kappa shape index (κ2) is 8.27. The molecule has 0 spiro atoms. The van der Waals surface area contributed by atoms with Crippen molar-refractivity contribution in [2.24, 2.45) is 13.0 Å². The zero-order valence-electron chi connectivity index (χ0n) is 14.5. The van der Waals surface area contributed by atoms with Crippen molar-refractivity contribution in [1.82, 2.24) is 19.6 Å². The van der Waals surface area contributed by atoms with Gasteiger partial charge in [-0.25, -0.2) is 0 Å². The molecule has 1 N–H and O–H groups in total. The molecule has 0 aromatic carbocycles. The van der Waals surface area contributed by atoms with Gasteiger partial charge in [-0.3, -0.25) is 14.5 Å². The van der Waals surface area contributed by atoms with E-state index in [0.717, 1.165) is 38.5 Å². The van der Waals surface area contributed by atoms with Gasteiger partial charge in [-0.05, 0) is 25.2 Å². The molecular weight excluding hydrogens is 288 g/mol. The van der Waals surface area contributed by atoms with Crippen molar-refractivity contribution in [3.8, 4) is 0 Å². The van der Waals surface area contributed by atoms with Crippen LogP contribution in [0.2, 0.25) is 0 Å². The molecule has 5 nitrogen and oxygen atoms in total. The van der Waals surface area contributed by atoms with Gasteiger partial charge < -0.3 is 5.11 Å². The van der Waals surface area contributed by atoms with Gasteiger partial charge in [0.05, 0.1) is 6.20 Å². The zero-order chi connectivity index (χ0) is 16.1. The predicted octanol–water partition coefficient (Wildman–Crippen LogP) is 1.87. The summed E-state index contributed by atoms with van der Waals surface area (Å²) in [5, 5.41) is 13.7. The minimum Gasteiger partial charge on any atom is -0.396 e. The molecule has 1 aliphatic carbocycles. The molecule has 0 unspecified atom stereocenters. The van der Waals surface area contributed by atoms with Crippen LogP contribution in [0.15, 0.2) is 12.4 Å². The second-order valence-corrected chi connectivity index (χ2v) is 7.42. The standard InChI is InChI=1S/C18H32N4O/c1-20-12-17(11-19-20)13-21-8-9-22(18(15-21)7-10-23)14-16-5-3-2-4-6-16/h11-12,16,18,23H,2-10,13-15H2,1H3/t18-/m1/s1. The maximum absolute atomic E-state index is 9.46. The van der Waals surface area contributed by atoms with Crippen molar-refractivity contribution in [3.05, 3.63) is 18.0 Å². The van der Waals surface area contributed by atoms with E-state index in [1.165, 1.54) is 44.2 Å². The first kappa shape index (κ1) is 16.9.